The molecule has 17 rings (SSSR count). The molecule has 0 fully saturated rings. The minimum atomic E-state index is -3.92. The molecule has 0 spiro atoms. The molecule has 0 radical (unpaired) electrons. The van der Waals surface area contributed by atoms with Crippen molar-refractivity contribution in [3.8, 4) is 51.7 Å². The van der Waals surface area contributed by atoms with Gasteiger partial charge in [-0.05, 0) is 169 Å². The van der Waals surface area contributed by atoms with E-state index in [0.717, 1.165) is 119 Å². The van der Waals surface area contributed by atoms with E-state index in [2.05, 4.69) is 175 Å². The molecule has 4 aliphatic rings. The summed E-state index contributed by atoms with van der Waals surface area (Å²) >= 11 is 0. The van der Waals surface area contributed by atoms with Gasteiger partial charge >= 0.3 is 0 Å². The van der Waals surface area contributed by atoms with Gasteiger partial charge in [-0.1, -0.05) is 103 Å². The number of para-hydroxylation sites is 11. The highest BCUT2D eigenvalue weighted by Gasteiger charge is 2.51. The number of nitriles is 1. The molecular formula is C73H46N6O4S. The zero-order chi connectivity index (χ0) is 55.8. The minimum Gasteiger partial charge on any atom is -0.453 e. The first-order valence-electron chi connectivity index (χ1n) is 27.9. The lowest BCUT2D eigenvalue weighted by Crippen LogP contribution is -2.27. The Labute approximate surface area is 484 Å². The standard InChI is InChI=1S/C73H46N6O4S/c74-45-46-29-41-52(42-30-46)84(80,81)53-43-39-51(40-44-53)79-59-20-6-3-17-56(59)70-72-68(54-15-1-4-18-57(54)77(72)49-35-31-47(32-36-49)75-60-21-7-11-25-64(60)82-65-26-12-8-22-61(65)75)71-69(73(70)79)55-16-2-5-19-58(55)78(71)50-37-33-48(34-38-50)76-62-23-9-13-27-66(62)83-67-28-14-10-24-63(67)76/h1-44,69,71H. The monoisotopic (exact) mass is 1100 g/mol. The lowest BCUT2D eigenvalue weighted by Gasteiger charge is -2.36. The van der Waals surface area contributed by atoms with Gasteiger partial charge in [0.15, 0.2) is 23.0 Å². The van der Waals surface area contributed by atoms with E-state index in [1.54, 1.807) is 24.3 Å². The average molecular weight is 1100 g/mol. The Balaban J connectivity index is 0.892. The highest BCUT2D eigenvalue weighted by Crippen LogP contribution is 2.65. The fraction of sp³-hybridized carbons (Fsp3) is 0.0274. The van der Waals surface area contributed by atoms with E-state index in [4.69, 9.17) is 9.47 Å². The Bertz CT molecular complexity index is 4930. The lowest BCUT2D eigenvalue weighted by molar-refractivity contribution is 0.477. The molecule has 3 aliphatic heterocycles. The van der Waals surface area contributed by atoms with Crippen LogP contribution in [0.1, 0.15) is 34.3 Å². The van der Waals surface area contributed by atoms with Gasteiger partial charge in [0.05, 0.1) is 72.9 Å². The number of aromatic nitrogens is 2. The Morgan fingerprint density at radius 3 is 1.33 bits per heavy atom. The smallest absolute Gasteiger partial charge is 0.206 e. The lowest BCUT2D eigenvalue weighted by atomic mass is 9.78. The van der Waals surface area contributed by atoms with E-state index in [1.807, 2.05) is 84.9 Å². The highest BCUT2D eigenvalue weighted by molar-refractivity contribution is 7.91. The molecule has 0 N–H and O–H groups in total. The zero-order valence-corrected chi connectivity index (χ0v) is 45.6. The van der Waals surface area contributed by atoms with Gasteiger partial charge in [0, 0.05) is 61.7 Å². The summed E-state index contributed by atoms with van der Waals surface area (Å²) in [6.45, 7) is 0. The number of nitrogens with zero attached hydrogens (tertiary/aromatic N) is 6. The van der Waals surface area contributed by atoms with Crippen LogP contribution in [0.5, 0.6) is 23.0 Å². The third kappa shape index (κ3) is 6.92. The topological polar surface area (TPSA) is 96.0 Å². The summed E-state index contributed by atoms with van der Waals surface area (Å²) in [4.78, 5) is 7.39. The summed E-state index contributed by atoms with van der Waals surface area (Å²) in [5, 5.41) is 11.7. The third-order valence-electron chi connectivity index (χ3n) is 17.1. The van der Waals surface area contributed by atoms with Crippen LogP contribution in [0.25, 0.3) is 44.4 Å². The van der Waals surface area contributed by atoms with Gasteiger partial charge in [0.1, 0.15) is 0 Å². The maximum atomic E-state index is 14.3. The summed E-state index contributed by atoms with van der Waals surface area (Å²) in [5.41, 5.74) is 18.0. The van der Waals surface area contributed by atoms with Crippen LogP contribution in [0.3, 0.4) is 0 Å². The van der Waals surface area contributed by atoms with E-state index in [-0.39, 0.29) is 21.8 Å². The van der Waals surface area contributed by atoms with E-state index in [0.29, 0.717) is 5.56 Å². The Kier molecular flexibility index (Phi) is 10.4. The largest absolute Gasteiger partial charge is 0.453 e. The molecule has 0 bridgehead atoms. The first-order chi connectivity index (χ1) is 41.4. The molecule has 0 amide bonds. The molecule has 11 aromatic carbocycles. The Morgan fingerprint density at radius 2 is 0.798 bits per heavy atom. The molecular weight excluding hydrogens is 1060 g/mol. The maximum absolute atomic E-state index is 14.3. The normalized spacial score (nSPS) is 15.1. The first-order valence-corrected chi connectivity index (χ1v) is 29.4. The number of fused-ring (bicyclic) bond motifs is 16. The SMILES string of the molecule is N#Cc1ccc(S(=O)(=O)c2ccc(-n3c4c(c5ccccc53)-c3c(c5ccccc5n3-c3ccc(N5c6ccccc6Oc6ccccc65)cc3)C3C4c4ccccc4N3c3ccc(N4c5ccccc5Oc5ccccc54)cc3)cc2)cc1. The first kappa shape index (κ1) is 47.7. The van der Waals surface area contributed by atoms with Gasteiger partial charge in [0.2, 0.25) is 9.84 Å². The van der Waals surface area contributed by atoms with Gasteiger partial charge < -0.3 is 33.3 Å². The van der Waals surface area contributed by atoms with Crippen LogP contribution in [0.2, 0.25) is 0 Å². The Morgan fingerprint density at radius 1 is 0.393 bits per heavy atom. The molecule has 2 unspecified atom stereocenters. The van der Waals surface area contributed by atoms with Gasteiger partial charge in [0.25, 0.3) is 0 Å². The molecule has 84 heavy (non-hydrogen) atoms. The second kappa shape index (κ2) is 18.2. The molecule has 13 aromatic rings. The van der Waals surface area contributed by atoms with Gasteiger partial charge in [-0.15, -0.1) is 0 Å². The van der Waals surface area contributed by atoms with Crippen LogP contribution in [0, 0.1) is 11.3 Å². The number of benzene rings is 11. The molecule has 0 saturated carbocycles. The summed E-state index contributed by atoms with van der Waals surface area (Å²) < 4.78 is 46.2. The molecule has 1 aliphatic carbocycles. The predicted octanol–water partition coefficient (Wildman–Crippen LogP) is 18.4. The van der Waals surface area contributed by atoms with Crippen molar-refractivity contribution < 1.29 is 17.9 Å². The molecule has 10 nitrogen and oxygen atoms in total. The summed E-state index contributed by atoms with van der Waals surface area (Å²) in [6.07, 6.45) is 0. The van der Waals surface area contributed by atoms with Crippen molar-refractivity contribution in [1.82, 2.24) is 9.13 Å². The maximum Gasteiger partial charge on any atom is 0.206 e. The zero-order valence-electron chi connectivity index (χ0n) is 44.8. The van der Waals surface area contributed by atoms with Crippen molar-refractivity contribution in [3.63, 3.8) is 0 Å². The van der Waals surface area contributed by atoms with Crippen LogP contribution >= 0.6 is 0 Å². The van der Waals surface area contributed by atoms with Gasteiger partial charge in [-0.3, -0.25) is 0 Å². The second-order valence-electron chi connectivity index (χ2n) is 21.5. The number of rotatable bonds is 7. The van der Waals surface area contributed by atoms with Crippen LogP contribution in [-0.4, -0.2) is 17.6 Å². The minimum absolute atomic E-state index is 0.129. The molecule has 0 saturated heterocycles. The van der Waals surface area contributed by atoms with Crippen molar-refractivity contribution in [2.75, 3.05) is 14.7 Å². The summed E-state index contributed by atoms with van der Waals surface area (Å²) in [6, 6.07) is 92.0. The number of hydrogen-bond acceptors (Lipinski definition) is 8. The number of sulfone groups is 1. The van der Waals surface area contributed by atoms with Gasteiger partial charge in [-0.25, -0.2) is 8.42 Å². The van der Waals surface area contributed by atoms with E-state index in [9.17, 15) is 13.7 Å². The van der Waals surface area contributed by atoms with E-state index < -0.39 is 9.84 Å². The summed E-state index contributed by atoms with van der Waals surface area (Å²) in [7, 11) is -3.92. The Hall–Kier alpha value is -11.1. The van der Waals surface area contributed by atoms with Crippen molar-refractivity contribution in [2.45, 2.75) is 21.8 Å². The van der Waals surface area contributed by atoms with Crippen LogP contribution in [0.4, 0.5) is 45.5 Å². The van der Waals surface area contributed by atoms with Gasteiger partial charge in [-0.2, -0.15) is 5.26 Å². The third-order valence-corrected chi connectivity index (χ3v) is 18.9. The van der Waals surface area contributed by atoms with Crippen molar-refractivity contribution in [1.29, 1.82) is 5.26 Å². The number of ether oxygens (including phenoxy) is 2. The molecule has 11 heteroatoms. The number of anilines is 8. The average Bonchev–Trinajstić information content (AvgIpc) is 1.58. The quantitative estimate of drug-likeness (QED) is 0.156. The highest BCUT2D eigenvalue weighted by atomic mass is 32.2. The van der Waals surface area contributed by atoms with Crippen LogP contribution < -0.4 is 24.2 Å². The van der Waals surface area contributed by atoms with Crippen molar-refractivity contribution in [3.05, 3.63) is 289 Å². The summed E-state index contributed by atoms with van der Waals surface area (Å²) in [5.74, 6) is 2.96. The molecule has 2 aromatic heterocycles. The fourth-order valence-corrected chi connectivity index (χ4v) is 14.8. The molecule has 2 atom stereocenters. The molecule has 398 valence electrons. The predicted molar refractivity (Wildman–Crippen MR) is 331 cm³/mol. The van der Waals surface area contributed by atoms with E-state index >= 15 is 0 Å². The fourth-order valence-electron chi connectivity index (χ4n) is 13.6. The van der Waals surface area contributed by atoms with Crippen molar-refractivity contribution >= 4 is 77.1 Å². The van der Waals surface area contributed by atoms with Crippen LogP contribution in [-0.2, 0) is 9.84 Å². The van der Waals surface area contributed by atoms with Crippen LogP contribution in [0.15, 0.2) is 277 Å². The van der Waals surface area contributed by atoms with E-state index in [1.165, 1.54) is 23.3 Å². The second-order valence-corrected chi connectivity index (χ2v) is 23.4. The number of hydrogen-bond donors (Lipinski definition) is 0. The molecule has 5 heterocycles. The van der Waals surface area contributed by atoms with Crippen molar-refractivity contribution in [2.24, 2.45) is 0 Å².